The van der Waals surface area contributed by atoms with Gasteiger partial charge < -0.3 is 14.4 Å². The first-order chi connectivity index (χ1) is 12.7. The SMILES string of the molecule is CCOc1ccc(CCC(=O)N2CCOC(c3ccc(F)cc3)C2)cc1. The molecule has 1 amide bonds. The lowest BCUT2D eigenvalue weighted by atomic mass is 10.1. The number of amides is 1. The van der Waals surface area contributed by atoms with Crippen molar-refractivity contribution in [3.05, 3.63) is 65.5 Å². The van der Waals surface area contributed by atoms with Crippen molar-refractivity contribution in [1.82, 2.24) is 4.90 Å². The molecule has 0 radical (unpaired) electrons. The maximum absolute atomic E-state index is 13.1. The van der Waals surface area contributed by atoms with Gasteiger partial charge in [0.05, 0.1) is 19.8 Å². The van der Waals surface area contributed by atoms with Crippen molar-refractivity contribution in [2.75, 3.05) is 26.3 Å². The molecule has 0 spiro atoms. The lowest BCUT2D eigenvalue weighted by molar-refractivity contribution is -0.139. The van der Waals surface area contributed by atoms with E-state index in [-0.39, 0.29) is 17.8 Å². The quantitative estimate of drug-likeness (QED) is 0.790. The van der Waals surface area contributed by atoms with Crippen LogP contribution in [0.2, 0.25) is 0 Å². The normalized spacial score (nSPS) is 17.2. The summed E-state index contributed by atoms with van der Waals surface area (Å²) in [6, 6.07) is 14.1. The van der Waals surface area contributed by atoms with Crippen molar-refractivity contribution in [3.63, 3.8) is 0 Å². The first kappa shape index (κ1) is 18.4. The number of nitrogens with zero attached hydrogens (tertiary/aromatic N) is 1. The summed E-state index contributed by atoms with van der Waals surface area (Å²) < 4.78 is 24.3. The fourth-order valence-corrected chi connectivity index (χ4v) is 3.08. The third-order valence-corrected chi connectivity index (χ3v) is 4.52. The Hall–Kier alpha value is -2.40. The summed E-state index contributed by atoms with van der Waals surface area (Å²) in [5, 5.41) is 0. The summed E-state index contributed by atoms with van der Waals surface area (Å²) in [6.07, 6.45) is 0.965. The van der Waals surface area contributed by atoms with E-state index in [1.165, 1.54) is 12.1 Å². The summed E-state index contributed by atoms with van der Waals surface area (Å²) in [5.41, 5.74) is 2.01. The molecule has 0 aromatic heterocycles. The number of morpholine rings is 1. The molecule has 2 aromatic rings. The van der Waals surface area contributed by atoms with E-state index in [2.05, 4.69) is 0 Å². The molecule has 1 atom stereocenters. The van der Waals surface area contributed by atoms with Crippen LogP contribution >= 0.6 is 0 Å². The van der Waals surface area contributed by atoms with E-state index in [1.54, 1.807) is 12.1 Å². The van der Waals surface area contributed by atoms with Crippen LogP contribution < -0.4 is 4.74 Å². The molecule has 1 aliphatic rings. The average molecular weight is 357 g/mol. The second-order valence-electron chi connectivity index (χ2n) is 6.33. The smallest absolute Gasteiger partial charge is 0.223 e. The van der Waals surface area contributed by atoms with Gasteiger partial charge in [0, 0.05) is 13.0 Å². The second kappa shape index (κ2) is 8.81. The summed E-state index contributed by atoms with van der Waals surface area (Å²) in [6.45, 7) is 4.20. The minimum Gasteiger partial charge on any atom is -0.494 e. The third-order valence-electron chi connectivity index (χ3n) is 4.52. The number of carbonyl (C=O) groups is 1. The van der Waals surface area contributed by atoms with Crippen LogP contribution in [0.25, 0.3) is 0 Å². The second-order valence-corrected chi connectivity index (χ2v) is 6.33. The zero-order valence-electron chi connectivity index (χ0n) is 15.0. The molecule has 3 rings (SSSR count). The van der Waals surface area contributed by atoms with Gasteiger partial charge in [0.1, 0.15) is 17.7 Å². The largest absolute Gasteiger partial charge is 0.494 e. The summed E-state index contributed by atoms with van der Waals surface area (Å²) in [7, 11) is 0. The van der Waals surface area contributed by atoms with Crippen LogP contribution in [0.5, 0.6) is 5.75 Å². The van der Waals surface area contributed by atoms with Gasteiger partial charge in [0.15, 0.2) is 0 Å². The highest BCUT2D eigenvalue weighted by molar-refractivity contribution is 5.76. The van der Waals surface area contributed by atoms with Gasteiger partial charge in [0.2, 0.25) is 5.91 Å². The van der Waals surface area contributed by atoms with Crippen LogP contribution in [0.15, 0.2) is 48.5 Å². The van der Waals surface area contributed by atoms with Gasteiger partial charge in [-0.3, -0.25) is 4.79 Å². The fraction of sp³-hybridized carbons (Fsp3) is 0.381. The number of halogens is 1. The first-order valence-corrected chi connectivity index (χ1v) is 9.02. The number of rotatable bonds is 6. The number of hydrogen-bond acceptors (Lipinski definition) is 3. The minimum absolute atomic E-state index is 0.120. The molecule has 5 heteroatoms. The van der Waals surface area contributed by atoms with E-state index in [4.69, 9.17) is 9.47 Å². The number of aryl methyl sites for hydroxylation is 1. The van der Waals surface area contributed by atoms with Gasteiger partial charge >= 0.3 is 0 Å². The van der Waals surface area contributed by atoms with Gasteiger partial charge in [-0.15, -0.1) is 0 Å². The van der Waals surface area contributed by atoms with Crippen LogP contribution in [-0.4, -0.2) is 37.1 Å². The van der Waals surface area contributed by atoms with Gasteiger partial charge in [-0.25, -0.2) is 4.39 Å². The number of carbonyl (C=O) groups excluding carboxylic acids is 1. The van der Waals surface area contributed by atoms with Gasteiger partial charge in [0.25, 0.3) is 0 Å². The van der Waals surface area contributed by atoms with E-state index < -0.39 is 0 Å². The van der Waals surface area contributed by atoms with Crippen LogP contribution in [-0.2, 0) is 16.0 Å². The molecule has 2 aromatic carbocycles. The Morgan fingerprint density at radius 1 is 1.19 bits per heavy atom. The van der Waals surface area contributed by atoms with Crippen molar-refractivity contribution < 1.29 is 18.7 Å². The maximum Gasteiger partial charge on any atom is 0.223 e. The Kier molecular flexibility index (Phi) is 6.23. The number of benzene rings is 2. The molecule has 26 heavy (non-hydrogen) atoms. The van der Waals surface area contributed by atoms with E-state index in [0.29, 0.717) is 39.1 Å². The van der Waals surface area contributed by atoms with E-state index >= 15 is 0 Å². The Morgan fingerprint density at radius 3 is 2.62 bits per heavy atom. The van der Waals surface area contributed by atoms with Crippen LogP contribution in [0.4, 0.5) is 4.39 Å². The predicted molar refractivity (Wildman–Crippen MR) is 97.6 cm³/mol. The molecular weight excluding hydrogens is 333 g/mol. The maximum atomic E-state index is 13.1. The van der Waals surface area contributed by atoms with Crippen LogP contribution in [0.1, 0.15) is 30.6 Å². The van der Waals surface area contributed by atoms with Gasteiger partial charge in [-0.2, -0.15) is 0 Å². The van der Waals surface area contributed by atoms with Crippen molar-refractivity contribution in [2.45, 2.75) is 25.9 Å². The highest BCUT2D eigenvalue weighted by Gasteiger charge is 2.25. The molecule has 0 aliphatic carbocycles. The standard InChI is InChI=1S/C21H24FNO3/c1-2-25-19-10-3-16(4-11-19)5-12-21(24)23-13-14-26-20(15-23)17-6-8-18(22)9-7-17/h3-4,6-11,20H,2,5,12-15H2,1H3. The van der Waals surface area contributed by atoms with Crippen molar-refractivity contribution in [2.24, 2.45) is 0 Å². The lowest BCUT2D eigenvalue weighted by Crippen LogP contribution is -2.42. The molecule has 0 bridgehead atoms. The average Bonchev–Trinajstić information content (AvgIpc) is 2.68. The Bertz CT molecular complexity index is 715. The molecule has 138 valence electrons. The van der Waals surface area contributed by atoms with E-state index in [0.717, 1.165) is 16.9 Å². The zero-order chi connectivity index (χ0) is 18.4. The Labute approximate surface area is 153 Å². The lowest BCUT2D eigenvalue weighted by Gasteiger charge is -2.33. The van der Waals surface area contributed by atoms with E-state index in [1.807, 2.05) is 36.1 Å². The van der Waals surface area contributed by atoms with E-state index in [9.17, 15) is 9.18 Å². The number of hydrogen-bond donors (Lipinski definition) is 0. The molecule has 1 aliphatic heterocycles. The Balaban J connectivity index is 1.53. The minimum atomic E-state index is -0.271. The fourth-order valence-electron chi connectivity index (χ4n) is 3.08. The molecule has 1 unspecified atom stereocenters. The van der Waals surface area contributed by atoms with Gasteiger partial charge in [-0.05, 0) is 48.7 Å². The predicted octanol–water partition coefficient (Wildman–Crippen LogP) is 3.76. The topological polar surface area (TPSA) is 38.8 Å². The van der Waals surface area contributed by atoms with Gasteiger partial charge in [-0.1, -0.05) is 24.3 Å². The molecule has 4 nitrogen and oxygen atoms in total. The summed E-state index contributed by atoms with van der Waals surface area (Å²) in [5.74, 6) is 0.694. The Morgan fingerprint density at radius 2 is 1.92 bits per heavy atom. The monoisotopic (exact) mass is 357 g/mol. The summed E-state index contributed by atoms with van der Waals surface area (Å²) in [4.78, 5) is 14.4. The molecule has 1 fully saturated rings. The highest BCUT2D eigenvalue weighted by Crippen LogP contribution is 2.23. The molecular formula is C21H24FNO3. The number of ether oxygens (including phenoxy) is 2. The van der Waals surface area contributed by atoms with Crippen molar-refractivity contribution >= 4 is 5.91 Å². The summed E-state index contributed by atoms with van der Waals surface area (Å²) >= 11 is 0. The zero-order valence-corrected chi connectivity index (χ0v) is 15.0. The molecule has 0 saturated carbocycles. The van der Waals surface area contributed by atoms with Crippen molar-refractivity contribution in [3.8, 4) is 5.75 Å². The first-order valence-electron chi connectivity index (χ1n) is 9.02. The highest BCUT2D eigenvalue weighted by atomic mass is 19.1. The molecule has 0 N–H and O–H groups in total. The molecule has 1 saturated heterocycles. The van der Waals surface area contributed by atoms with Crippen LogP contribution in [0.3, 0.4) is 0 Å². The third kappa shape index (κ3) is 4.82. The van der Waals surface area contributed by atoms with Crippen LogP contribution in [0, 0.1) is 5.82 Å². The van der Waals surface area contributed by atoms with Crippen molar-refractivity contribution in [1.29, 1.82) is 0 Å². The molecule has 1 heterocycles.